The summed E-state index contributed by atoms with van der Waals surface area (Å²) in [4.78, 5) is 0. The summed E-state index contributed by atoms with van der Waals surface area (Å²) in [7, 11) is 1.21. The molecule has 0 amide bonds. The molecule has 3 atom stereocenters. The van der Waals surface area contributed by atoms with Crippen LogP contribution in [-0.4, -0.2) is 29.2 Å². The van der Waals surface area contributed by atoms with E-state index in [9.17, 15) is 10.2 Å². The molecule has 1 rings (SSSR count). The molecule has 2 nitrogen and oxygen atoms in total. The Kier molecular flexibility index (Phi) is 29.4. The summed E-state index contributed by atoms with van der Waals surface area (Å²) in [5, 5.41) is 19.1. The maximum atomic E-state index is 9.53. The Morgan fingerprint density at radius 1 is 0.839 bits per heavy atom. The molecule has 1 aliphatic rings. The van der Waals surface area contributed by atoms with Crippen LogP contribution in [0.15, 0.2) is 0 Å². The van der Waals surface area contributed by atoms with Gasteiger partial charge in [-0.15, -0.1) is 20.8 Å². The largest absolute Gasteiger partial charge is 0.116 e. The van der Waals surface area contributed by atoms with Crippen LogP contribution >= 0.6 is 15.2 Å². The fourth-order valence-electron chi connectivity index (χ4n) is 3.75. The third kappa shape index (κ3) is 31.5. The van der Waals surface area contributed by atoms with E-state index in [2.05, 4.69) is 61.5 Å². The van der Waals surface area contributed by atoms with Crippen LogP contribution < -0.4 is 10.2 Å². The van der Waals surface area contributed by atoms with E-state index in [-0.39, 0.29) is 0 Å². The topological polar surface area (TPSA) is 46.1 Å². The first kappa shape index (κ1) is 37.1. The zero-order chi connectivity index (χ0) is 24.9. The first-order chi connectivity index (χ1) is 14.4. The van der Waals surface area contributed by atoms with Crippen LogP contribution in [0.25, 0.3) is 0 Å². The number of hydrogen-bond donors (Lipinski definition) is 0. The van der Waals surface area contributed by atoms with Gasteiger partial charge in [0.25, 0.3) is 0 Å². The quantitative estimate of drug-likeness (QED) is 0.239. The zero-order valence-electron chi connectivity index (χ0n) is 22.8. The average molecular weight is 512 g/mol. The molecule has 0 spiro atoms. The van der Waals surface area contributed by atoms with E-state index in [4.69, 9.17) is 0 Å². The molecule has 0 bridgehead atoms. The molecule has 187 valence electrons. The van der Waals surface area contributed by atoms with Crippen LogP contribution in [0.2, 0.25) is 0 Å². The average Bonchev–Trinajstić information content (AvgIpc) is 2.64. The molecule has 0 radical (unpaired) electrons. The molecule has 31 heavy (non-hydrogen) atoms. The van der Waals surface area contributed by atoms with Crippen molar-refractivity contribution in [3.05, 3.63) is 0 Å². The first-order valence-electron chi connectivity index (χ1n) is 12.9. The zero-order valence-corrected chi connectivity index (χ0v) is 26.3. The van der Waals surface area contributed by atoms with E-state index in [1.807, 2.05) is 0 Å². The van der Waals surface area contributed by atoms with Crippen LogP contribution in [0.1, 0.15) is 133 Å². The Hall–Kier alpha value is 1.49. The van der Waals surface area contributed by atoms with Gasteiger partial charge in [-0.05, 0) is 48.8 Å². The maximum Gasteiger partial charge on any atom is -0.0229 e. The van der Waals surface area contributed by atoms with Gasteiger partial charge in [0.1, 0.15) is 0 Å². The standard InChI is InChI=1S/C17H35P.2C3H7O.C3H8P.Ti/c1-5-7-11-17(12-8-6-2)13-9-10-16(14-17)18-15(3)4;3*1-3(2)4;/h15-16,18H,5-14H2,1-4H3;2*3H,1-2H3;3-4H,1-2H3;/q;3*-1;+3. The first-order valence-corrected chi connectivity index (χ1v) is 17.4. The van der Waals surface area contributed by atoms with E-state index in [0.29, 0.717) is 0 Å². The Labute approximate surface area is 212 Å². The van der Waals surface area contributed by atoms with E-state index >= 15 is 0 Å². The van der Waals surface area contributed by atoms with Crippen molar-refractivity contribution in [2.45, 2.75) is 163 Å². The summed E-state index contributed by atoms with van der Waals surface area (Å²) in [6.45, 7) is 21.5. The summed E-state index contributed by atoms with van der Waals surface area (Å²) < 4.78 is 0. The van der Waals surface area contributed by atoms with E-state index in [1.165, 1.54) is 66.4 Å². The molecule has 5 heteroatoms. The summed E-state index contributed by atoms with van der Waals surface area (Å²) in [6.07, 6.45) is 14.0. The smallest absolute Gasteiger partial charge is 0.0229 e. The van der Waals surface area contributed by atoms with Crippen LogP contribution in [-0.2, 0) is 19.9 Å². The molecule has 0 heterocycles. The molecule has 0 saturated heterocycles. The van der Waals surface area contributed by atoms with Crippen molar-refractivity contribution in [2.24, 2.45) is 5.41 Å². The number of hydrogen-bond acceptors (Lipinski definition) is 2. The van der Waals surface area contributed by atoms with Crippen molar-refractivity contribution >= 4 is 15.2 Å². The fraction of sp³-hybridized carbons (Fsp3) is 1.00. The van der Waals surface area contributed by atoms with Gasteiger partial charge in [-0.25, -0.2) is 0 Å². The molecule has 0 aromatic carbocycles. The van der Waals surface area contributed by atoms with Crippen molar-refractivity contribution in [1.29, 1.82) is 0 Å². The maximum absolute atomic E-state index is 9.53. The molecule has 1 fully saturated rings. The van der Waals surface area contributed by atoms with Gasteiger partial charge in [0.15, 0.2) is 0 Å². The second-order valence-corrected chi connectivity index (χ2v) is 15.3. The predicted molar refractivity (Wildman–Crippen MR) is 141 cm³/mol. The summed E-state index contributed by atoms with van der Waals surface area (Å²) in [5.74, 6) is 0. The molecule has 1 saturated carbocycles. The van der Waals surface area contributed by atoms with Crippen LogP contribution in [0.4, 0.5) is 0 Å². The number of unbranched alkanes of at least 4 members (excludes halogenated alkanes) is 2. The molecule has 0 aliphatic heterocycles. The van der Waals surface area contributed by atoms with E-state index < -0.39 is 12.2 Å². The summed E-state index contributed by atoms with van der Waals surface area (Å²) >= 11 is 2.23. The Morgan fingerprint density at radius 3 is 1.52 bits per heavy atom. The van der Waals surface area contributed by atoms with Crippen molar-refractivity contribution in [3.8, 4) is 0 Å². The third-order valence-electron chi connectivity index (χ3n) is 4.92. The Morgan fingerprint density at radius 2 is 1.23 bits per heavy atom. The van der Waals surface area contributed by atoms with Crippen LogP contribution in [0.5, 0.6) is 0 Å². The van der Waals surface area contributed by atoms with Gasteiger partial charge in [0, 0.05) is 0 Å². The molecular weight excluding hydrogens is 454 g/mol. The van der Waals surface area contributed by atoms with Gasteiger partial charge in [-0.1, -0.05) is 87.5 Å². The predicted octanol–water partition coefficient (Wildman–Crippen LogP) is 7.43. The SMILES string of the molecule is CC(C)[O-].CC(C)[O-].CC(C)[PH][Ti+2].CCCCC1(CCCC)CCCC(PC(C)C)C1. The van der Waals surface area contributed by atoms with E-state index in [1.54, 1.807) is 34.1 Å². The van der Waals surface area contributed by atoms with Gasteiger partial charge in [0.05, 0.1) is 0 Å². The normalized spacial score (nSPS) is 18.3. The van der Waals surface area contributed by atoms with Crippen LogP contribution in [0.3, 0.4) is 0 Å². The summed E-state index contributed by atoms with van der Waals surface area (Å²) in [6, 6.07) is 0. The van der Waals surface area contributed by atoms with Gasteiger partial charge in [-0.3, -0.25) is 0 Å². The molecule has 0 N–H and O–H groups in total. The fourth-order valence-corrected chi connectivity index (χ4v) is 5.61. The van der Waals surface area contributed by atoms with E-state index in [0.717, 1.165) is 29.0 Å². The Balaban J connectivity index is -0.000000493. The van der Waals surface area contributed by atoms with Crippen molar-refractivity contribution < 1.29 is 30.1 Å². The monoisotopic (exact) mass is 511 g/mol. The third-order valence-corrected chi connectivity index (χ3v) is 9.83. The van der Waals surface area contributed by atoms with Crippen molar-refractivity contribution in [1.82, 2.24) is 0 Å². The van der Waals surface area contributed by atoms with Gasteiger partial charge < -0.3 is 10.2 Å². The van der Waals surface area contributed by atoms with Crippen LogP contribution in [0, 0.1) is 5.41 Å². The molecule has 3 unspecified atom stereocenters. The summed E-state index contributed by atoms with van der Waals surface area (Å²) in [5.41, 5.74) is 3.64. The van der Waals surface area contributed by atoms with Gasteiger partial charge >= 0.3 is 46.0 Å². The van der Waals surface area contributed by atoms with Gasteiger partial charge in [-0.2, -0.15) is 0 Å². The van der Waals surface area contributed by atoms with Crippen molar-refractivity contribution in [3.63, 3.8) is 0 Å². The minimum atomic E-state index is -0.417. The second kappa shape index (κ2) is 24.6. The van der Waals surface area contributed by atoms with Crippen molar-refractivity contribution in [2.75, 3.05) is 0 Å². The number of rotatable bonds is 9. The minimum Gasteiger partial charge on any atom is -0.116 e. The molecule has 1 aliphatic carbocycles. The van der Waals surface area contributed by atoms with Gasteiger partial charge in [0.2, 0.25) is 0 Å². The molecule has 0 aromatic rings. The second-order valence-electron chi connectivity index (χ2n) is 10.2. The Bertz CT molecular complexity index is 331. The molecular formula is C26H57O2P2Ti. The minimum absolute atomic E-state index is 0.417. The molecule has 0 aromatic heterocycles.